The lowest BCUT2D eigenvalue weighted by Crippen LogP contribution is -2.51. The van der Waals surface area contributed by atoms with Crippen LogP contribution in [0.4, 0.5) is 16.3 Å². The summed E-state index contributed by atoms with van der Waals surface area (Å²) in [4.78, 5) is 28.6. The van der Waals surface area contributed by atoms with Crippen LogP contribution < -0.4 is 10.6 Å². The first-order valence-corrected chi connectivity index (χ1v) is 14.5. The summed E-state index contributed by atoms with van der Waals surface area (Å²) in [7, 11) is -1.06. The maximum absolute atomic E-state index is 13.4. The number of H-pyrrole nitrogens is 1. The molecule has 0 spiro atoms. The Hall–Kier alpha value is -2.48. The lowest BCUT2D eigenvalue weighted by molar-refractivity contribution is -0.120. The third kappa shape index (κ3) is 3.72. The molecule has 1 aliphatic heterocycles. The van der Waals surface area contributed by atoms with Crippen LogP contribution >= 0.6 is 10.0 Å². The number of aryl methyl sites for hydroxylation is 2. The van der Waals surface area contributed by atoms with Gasteiger partial charge in [-0.25, -0.2) is 14.8 Å². The third-order valence-corrected chi connectivity index (χ3v) is 10.6. The maximum Gasteiger partial charge on any atom is 0.322 e. The first-order chi connectivity index (χ1) is 15.4. The van der Waals surface area contributed by atoms with Crippen molar-refractivity contribution < 1.29 is 9.59 Å². The van der Waals surface area contributed by atoms with Crippen molar-refractivity contribution in [3.63, 3.8) is 0 Å². The molecule has 2 aromatic rings. The number of urea groups is 1. The second kappa shape index (κ2) is 8.08. The van der Waals surface area contributed by atoms with E-state index < -0.39 is 15.6 Å². The smallest absolute Gasteiger partial charge is 0.309 e. The highest BCUT2D eigenvalue weighted by Crippen LogP contribution is 2.60. The van der Waals surface area contributed by atoms with E-state index in [9.17, 15) is 9.59 Å². The van der Waals surface area contributed by atoms with Gasteiger partial charge in [0.1, 0.15) is 0 Å². The molecule has 0 unspecified atom stereocenters. The Balaban J connectivity index is 1.56. The zero-order valence-electron chi connectivity index (χ0n) is 20.9. The van der Waals surface area contributed by atoms with Crippen LogP contribution in [0.2, 0.25) is 0 Å². The van der Waals surface area contributed by atoms with E-state index in [-0.39, 0.29) is 16.7 Å². The molecule has 1 aromatic carbocycles. The zero-order valence-corrected chi connectivity index (χ0v) is 21.7. The Morgan fingerprint density at radius 3 is 2.45 bits per heavy atom. The highest BCUT2D eigenvalue weighted by Gasteiger charge is 2.51. The molecule has 1 saturated carbocycles. The van der Waals surface area contributed by atoms with Crippen LogP contribution in [0.1, 0.15) is 62.4 Å². The Bertz CT molecular complexity index is 1090. The fraction of sp³-hybridized carbons (Fsp3) is 0.560. The Kier molecular flexibility index (Phi) is 5.79. The molecule has 0 saturated heterocycles. The van der Waals surface area contributed by atoms with Gasteiger partial charge in [-0.05, 0) is 76.3 Å². The van der Waals surface area contributed by atoms with Crippen molar-refractivity contribution in [3.05, 3.63) is 40.6 Å². The van der Waals surface area contributed by atoms with Crippen molar-refractivity contribution in [1.29, 1.82) is 0 Å². The van der Waals surface area contributed by atoms with Crippen LogP contribution in [0.3, 0.4) is 0 Å². The number of rotatable bonds is 5. The molecular formula is C25H37N5O2S. The van der Waals surface area contributed by atoms with Gasteiger partial charge in [0.2, 0.25) is 5.91 Å². The number of anilines is 2. The van der Waals surface area contributed by atoms with Crippen molar-refractivity contribution in [2.45, 2.75) is 70.2 Å². The fourth-order valence-corrected chi connectivity index (χ4v) is 7.28. The van der Waals surface area contributed by atoms with Gasteiger partial charge in [0.15, 0.2) is 5.82 Å². The quantitative estimate of drug-likeness (QED) is 0.565. The van der Waals surface area contributed by atoms with Gasteiger partial charge >= 0.3 is 6.03 Å². The second-order valence-electron chi connectivity index (χ2n) is 10.6. The summed E-state index contributed by atoms with van der Waals surface area (Å²) in [5, 5.41) is 13.8. The van der Waals surface area contributed by atoms with Crippen molar-refractivity contribution in [3.8, 4) is 0 Å². The summed E-state index contributed by atoms with van der Waals surface area (Å²) in [6.07, 6.45) is 10.4. The lowest BCUT2D eigenvalue weighted by Gasteiger charge is -2.53. The number of nitrogens with one attached hydrogen (secondary N) is 3. The Morgan fingerprint density at radius 1 is 1.18 bits per heavy atom. The van der Waals surface area contributed by atoms with Gasteiger partial charge in [-0.2, -0.15) is 5.10 Å². The largest absolute Gasteiger partial charge is 0.322 e. The maximum atomic E-state index is 13.4. The summed E-state index contributed by atoms with van der Waals surface area (Å²) < 4.78 is -0.286. The lowest BCUT2D eigenvalue weighted by atomic mass is 9.83. The molecule has 3 amide bonds. The SMILES string of the molecule is CCc1cccc(C)c1NC(=O)N1Cc2c(NC(=O)C3(S(C)(C)C)CCC3)n[nH]c2C1(C)C. The van der Waals surface area contributed by atoms with Crippen LogP contribution in [-0.2, 0) is 23.3 Å². The molecule has 7 nitrogen and oxygen atoms in total. The average Bonchev–Trinajstić information content (AvgIpc) is 3.19. The van der Waals surface area contributed by atoms with E-state index in [2.05, 4.69) is 46.5 Å². The van der Waals surface area contributed by atoms with Crippen molar-refractivity contribution in [2.24, 2.45) is 0 Å². The minimum absolute atomic E-state index is 0.0683. The van der Waals surface area contributed by atoms with E-state index in [1.165, 1.54) is 0 Å². The minimum Gasteiger partial charge on any atom is -0.309 e. The number of hydrogen-bond donors (Lipinski definition) is 3. The molecule has 0 radical (unpaired) electrons. The number of carbonyl (C=O) groups is 2. The van der Waals surface area contributed by atoms with Crippen molar-refractivity contribution >= 4 is 33.5 Å². The van der Waals surface area contributed by atoms with E-state index in [1.807, 2.05) is 43.9 Å². The monoisotopic (exact) mass is 471 g/mol. The molecule has 2 heterocycles. The normalized spacial score (nSPS) is 18.9. The van der Waals surface area contributed by atoms with Gasteiger partial charge in [0.05, 0.1) is 22.5 Å². The molecular weight excluding hydrogens is 434 g/mol. The minimum atomic E-state index is -1.06. The van der Waals surface area contributed by atoms with Crippen LogP contribution in [0, 0.1) is 6.92 Å². The molecule has 180 valence electrons. The molecule has 0 atom stereocenters. The molecule has 3 N–H and O–H groups in total. The van der Waals surface area contributed by atoms with Gasteiger partial charge in [0, 0.05) is 11.3 Å². The predicted molar refractivity (Wildman–Crippen MR) is 137 cm³/mol. The molecule has 1 fully saturated rings. The molecule has 33 heavy (non-hydrogen) atoms. The van der Waals surface area contributed by atoms with Gasteiger partial charge < -0.3 is 15.5 Å². The summed E-state index contributed by atoms with van der Waals surface area (Å²) in [6.45, 7) is 8.51. The van der Waals surface area contributed by atoms with Crippen molar-refractivity contribution in [1.82, 2.24) is 15.1 Å². The molecule has 1 aromatic heterocycles. The van der Waals surface area contributed by atoms with Crippen LogP contribution in [0.25, 0.3) is 0 Å². The second-order valence-corrected chi connectivity index (χ2v) is 15.1. The first kappa shape index (κ1) is 23.7. The Labute approximate surface area is 198 Å². The average molecular weight is 472 g/mol. The Morgan fingerprint density at radius 2 is 1.88 bits per heavy atom. The van der Waals surface area contributed by atoms with Crippen LogP contribution in [-0.4, -0.2) is 50.5 Å². The van der Waals surface area contributed by atoms with Gasteiger partial charge in [-0.3, -0.25) is 9.89 Å². The summed E-state index contributed by atoms with van der Waals surface area (Å²) in [5.74, 6) is 0.622. The molecule has 8 heteroatoms. The van der Waals surface area contributed by atoms with E-state index in [0.29, 0.717) is 12.4 Å². The van der Waals surface area contributed by atoms with Crippen molar-refractivity contribution in [2.75, 3.05) is 29.4 Å². The van der Waals surface area contributed by atoms with Crippen LogP contribution in [0.5, 0.6) is 0 Å². The number of amides is 3. The van der Waals surface area contributed by atoms with Gasteiger partial charge in [-0.1, -0.05) is 25.1 Å². The number of benzene rings is 1. The van der Waals surface area contributed by atoms with E-state index in [1.54, 1.807) is 0 Å². The number of fused-ring (bicyclic) bond motifs is 1. The highest BCUT2D eigenvalue weighted by molar-refractivity contribution is 8.33. The molecule has 2 aliphatic rings. The number of aromatic nitrogens is 2. The number of hydrogen-bond acceptors (Lipinski definition) is 3. The third-order valence-electron chi connectivity index (χ3n) is 7.67. The van der Waals surface area contributed by atoms with Crippen LogP contribution in [0.15, 0.2) is 18.2 Å². The van der Waals surface area contributed by atoms with Gasteiger partial charge in [0.25, 0.3) is 0 Å². The number of aromatic amines is 1. The standard InChI is InChI=1S/C25H37N5O2S/c1-8-17-12-9-11-16(2)19(17)26-23(32)30-15-18-20(24(30,3)4)28-29-21(18)27-22(31)25(13-10-14-25)33(5,6)7/h9,11-12H,8,10,13-15H2,1-7H3,(H,26,32)(H2,27,28,29,31). The first-order valence-electron chi connectivity index (χ1n) is 11.7. The number of carbonyl (C=O) groups excluding carboxylic acids is 2. The summed E-state index contributed by atoms with van der Waals surface area (Å²) in [6, 6.07) is 5.92. The van der Waals surface area contributed by atoms with Gasteiger partial charge in [-0.15, -0.1) is 0 Å². The summed E-state index contributed by atoms with van der Waals surface area (Å²) in [5.41, 5.74) is 4.23. The summed E-state index contributed by atoms with van der Waals surface area (Å²) >= 11 is 0. The number of para-hydroxylation sites is 1. The van der Waals surface area contributed by atoms with E-state index >= 15 is 0 Å². The van der Waals surface area contributed by atoms with E-state index in [0.717, 1.165) is 53.8 Å². The molecule has 4 rings (SSSR count). The topological polar surface area (TPSA) is 90.1 Å². The fourth-order valence-electron chi connectivity index (χ4n) is 5.16. The highest BCUT2D eigenvalue weighted by atomic mass is 32.3. The zero-order chi connectivity index (χ0) is 24.2. The molecule has 1 aliphatic carbocycles. The van der Waals surface area contributed by atoms with E-state index in [4.69, 9.17) is 0 Å². The number of nitrogens with zero attached hydrogens (tertiary/aromatic N) is 2. The molecule has 0 bridgehead atoms. The predicted octanol–water partition coefficient (Wildman–Crippen LogP) is 5.12.